The van der Waals surface area contributed by atoms with Crippen LogP contribution in [0.4, 0.5) is 4.79 Å². The van der Waals surface area contributed by atoms with E-state index in [1.807, 2.05) is 24.8 Å². The Kier molecular flexibility index (Phi) is 4.72. The van der Waals surface area contributed by atoms with E-state index in [1.54, 1.807) is 0 Å². The van der Waals surface area contributed by atoms with E-state index in [4.69, 9.17) is 0 Å². The predicted molar refractivity (Wildman–Crippen MR) is 111 cm³/mol. The predicted octanol–water partition coefficient (Wildman–Crippen LogP) is 3.57. The molecule has 2 amide bonds. The number of H-pyrrole nitrogens is 1. The number of nitrogens with one attached hydrogen (secondary N) is 2. The molecule has 0 bridgehead atoms. The number of urea groups is 1. The van der Waals surface area contributed by atoms with E-state index in [2.05, 4.69) is 47.0 Å². The van der Waals surface area contributed by atoms with Gasteiger partial charge in [0.1, 0.15) is 0 Å². The number of amides is 2. The van der Waals surface area contributed by atoms with Crippen molar-refractivity contribution < 1.29 is 4.79 Å². The van der Waals surface area contributed by atoms with Crippen molar-refractivity contribution in [3.63, 3.8) is 0 Å². The maximum atomic E-state index is 12.6. The van der Waals surface area contributed by atoms with Crippen LogP contribution in [-0.4, -0.2) is 59.6 Å². The highest BCUT2D eigenvalue weighted by Gasteiger charge is 2.40. The van der Waals surface area contributed by atoms with E-state index in [0.717, 1.165) is 38.2 Å². The van der Waals surface area contributed by atoms with Gasteiger partial charge >= 0.3 is 6.03 Å². The number of piperidine rings is 1. The molecule has 2 aromatic rings. The van der Waals surface area contributed by atoms with E-state index >= 15 is 0 Å². The summed E-state index contributed by atoms with van der Waals surface area (Å²) in [6, 6.07) is 7.28. The molecule has 4 rings (SSSR count). The van der Waals surface area contributed by atoms with Gasteiger partial charge in [-0.2, -0.15) is 0 Å². The molecule has 5 nitrogen and oxygen atoms in total. The summed E-state index contributed by atoms with van der Waals surface area (Å²) in [5.41, 5.74) is 5.17. The van der Waals surface area contributed by atoms with Crippen molar-refractivity contribution in [2.75, 3.05) is 26.7 Å². The van der Waals surface area contributed by atoms with Crippen LogP contribution >= 0.6 is 0 Å². The molecule has 0 radical (unpaired) electrons. The van der Waals surface area contributed by atoms with E-state index in [0.29, 0.717) is 12.0 Å². The Morgan fingerprint density at radius 2 is 2.19 bits per heavy atom. The lowest BCUT2D eigenvalue weighted by molar-refractivity contribution is 0.124. The molecule has 0 unspecified atom stereocenters. The number of fused-ring (bicyclic) bond motifs is 2. The number of benzene rings is 1. The fourth-order valence-electron chi connectivity index (χ4n) is 5.11. The maximum absolute atomic E-state index is 12.6. The fourth-order valence-corrected chi connectivity index (χ4v) is 5.11. The number of rotatable bonds is 4. The lowest BCUT2D eigenvalue weighted by Crippen LogP contribution is -2.56. The van der Waals surface area contributed by atoms with Crippen LogP contribution in [0, 0.1) is 0 Å². The molecule has 1 aliphatic heterocycles. The van der Waals surface area contributed by atoms with Gasteiger partial charge in [-0.15, -0.1) is 0 Å². The zero-order valence-corrected chi connectivity index (χ0v) is 16.6. The van der Waals surface area contributed by atoms with Crippen molar-refractivity contribution in [3.05, 3.63) is 41.6 Å². The second-order valence-corrected chi connectivity index (χ2v) is 7.86. The lowest BCUT2D eigenvalue weighted by atomic mass is 9.73. The summed E-state index contributed by atoms with van der Waals surface area (Å²) in [6.07, 6.45) is 3.97. The number of hydrogen-bond donors (Lipinski definition) is 2. The minimum Gasteiger partial charge on any atom is -0.355 e. The normalized spacial score (nSPS) is 24.5. The second-order valence-electron chi connectivity index (χ2n) is 7.86. The summed E-state index contributed by atoms with van der Waals surface area (Å²) < 4.78 is 0. The Hall–Kier alpha value is -2.27. The third kappa shape index (κ3) is 2.94. The number of aromatic amines is 1. The van der Waals surface area contributed by atoms with Crippen molar-refractivity contribution in [2.24, 2.45) is 0 Å². The first kappa shape index (κ1) is 18.1. The molecule has 1 aliphatic carbocycles. The van der Waals surface area contributed by atoms with Gasteiger partial charge in [-0.1, -0.05) is 18.7 Å². The van der Waals surface area contributed by atoms with Gasteiger partial charge in [-0.3, -0.25) is 0 Å². The average Bonchev–Trinajstić information content (AvgIpc) is 3.03. The van der Waals surface area contributed by atoms with E-state index in [-0.39, 0.29) is 12.1 Å². The van der Waals surface area contributed by atoms with Gasteiger partial charge in [0.25, 0.3) is 0 Å². The molecule has 27 heavy (non-hydrogen) atoms. The molecule has 1 saturated heterocycles. The standard InChI is InChI=1S/C22H30N4O/c1-5-18-17-12-20-16(15-9-8-10-19(24-18)21(15)17)11-14(13-25(20)4)23-22(27)26(6-2)7-3/h5,8-10,14,16,20,24H,1,6-7,11-13H2,2-4H3,(H,23,27)/t14-,16+,20+/m0/s1. The van der Waals surface area contributed by atoms with Crippen LogP contribution in [0.5, 0.6) is 0 Å². The van der Waals surface area contributed by atoms with E-state index in [1.165, 1.54) is 22.0 Å². The van der Waals surface area contributed by atoms with Crippen LogP contribution in [0.25, 0.3) is 17.0 Å². The first-order valence-corrected chi connectivity index (χ1v) is 10.1. The van der Waals surface area contributed by atoms with Crippen molar-refractivity contribution in [2.45, 2.75) is 44.7 Å². The number of carbonyl (C=O) groups excluding carboxylic acids is 1. The summed E-state index contributed by atoms with van der Waals surface area (Å²) in [4.78, 5) is 20.4. The first-order valence-electron chi connectivity index (χ1n) is 10.1. The van der Waals surface area contributed by atoms with Gasteiger partial charge in [-0.05, 0) is 57.0 Å². The molecule has 2 aliphatic rings. The SMILES string of the molecule is C=Cc1[nH]c2cccc3c2c1C[C@@H]1[C@@H]3C[C@H](NC(=O)N(CC)CC)CN1C. The van der Waals surface area contributed by atoms with Crippen molar-refractivity contribution in [1.29, 1.82) is 0 Å². The zero-order chi connectivity index (χ0) is 19.1. The van der Waals surface area contributed by atoms with Crippen LogP contribution in [0.1, 0.15) is 43.0 Å². The average molecular weight is 367 g/mol. The monoisotopic (exact) mass is 366 g/mol. The Balaban J connectivity index is 1.65. The molecule has 3 atom stereocenters. The Bertz CT molecular complexity index is 867. The van der Waals surface area contributed by atoms with Crippen molar-refractivity contribution >= 4 is 23.0 Å². The molecular formula is C22H30N4O. The van der Waals surface area contributed by atoms with Gasteiger partial charge in [0, 0.05) is 54.2 Å². The number of likely N-dealkylation sites (tertiary alicyclic amines) is 1. The van der Waals surface area contributed by atoms with Crippen LogP contribution in [-0.2, 0) is 6.42 Å². The number of nitrogens with zero attached hydrogens (tertiary/aromatic N) is 2. The number of carbonyl (C=O) groups is 1. The third-order valence-corrected chi connectivity index (χ3v) is 6.47. The van der Waals surface area contributed by atoms with E-state index < -0.39 is 0 Å². The molecular weight excluding hydrogens is 336 g/mol. The highest BCUT2D eigenvalue weighted by Crippen LogP contribution is 2.44. The fraction of sp³-hybridized carbons (Fsp3) is 0.500. The Morgan fingerprint density at radius 3 is 2.89 bits per heavy atom. The molecule has 0 saturated carbocycles. The molecule has 1 aromatic heterocycles. The molecule has 2 N–H and O–H groups in total. The Labute approximate surface area is 161 Å². The van der Waals surface area contributed by atoms with Gasteiger partial charge in [0.2, 0.25) is 0 Å². The Morgan fingerprint density at radius 1 is 1.41 bits per heavy atom. The zero-order valence-electron chi connectivity index (χ0n) is 16.6. The van der Waals surface area contributed by atoms with Gasteiger partial charge in [0.05, 0.1) is 0 Å². The van der Waals surface area contributed by atoms with Crippen molar-refractivity contribution in [1.82, 2.24) is 20.1 Å². The molecule has 0 spiro atoms. The molecule has 5 heteroatoms. The number of aromatic nitrogens is 1. The highest BCUT2D eigenvalue weighted by atomic mass is 16.2. The van der Waals surface area contributed by atoms with Crippen LogP contribution in [0.15, 0.2) is 24.8 Å². The molecule has 1 fully saturated rings. The van der Waals surface area contributed by atoms with Crippen LogP contribution in [0.3, 0.4) is 0 Å². The topological polar surface area (TPSA) is 51.4 Å². The number of likely N-dealkylation sites (N-methyl/N-ethyl adjacent to an activating group) is 1. The molecule has 144 valence electrons. The molecule has 1 aromatic carbocycles. The second kappa shape index (κ2) is 7.04. The summed E-state index contributed by atoms with van der Waals surface area (Å²) >= 11 is 0. The largest absolute Gasteiger partial charge is 0.355 e. The van der Waals surface area contributed by atoms with Gasteiger partial charge in [-0.25, -0.2) is 4.79 Å². The third-order valence-electron chi connectivity index (χ3n) is 6.47. The van der Waals surface area contributed by atoms with Crippen molar-refractivity contribution in [3.8, 4) is 0 Å². The van der Waals surface area contributed by atoms with Crippen LogP contribution < -0.4 is 5.32 Å². The van der Waals surface area contributed by atoms with Gasteiger partial charge in [0.15, 0.2) is 0 Å². The summed E-state index contributed by atoms with van der Waals surface area (Å²) in [7, 11) is 2.19. The summed E-state index contributed by atoms with van der Waals surface area (Å²) in [5, 5.41) is 4.65. The lowest BCUT2D eigenvalue weighted by Gasteiger charge is -2.46. The quantitative estimate of drug-likeness (QED) is 0.869. The summed E-state index contributed by atoms with van der Waals surface area (Å²) in [6.45, 7) is 10.4. The number of hydrogen-bond acceptors (Lipinski definition) is 2. The minimum absolute atomic E-state index is 0.0575. The summed E-state index contributed by atoms with van der Waals surface area (Å²) in [5.74, 6) is 0.440. The maximum Gasteiger partial charge on any atom is 0.317 e. The van der Waals surface area contributed by atoms with Crippen LogP contribution in [0.2, 0.25) is 0 Å². The van der Waals surface area contributed by atoms with Gasteiger partial charge < -0.3 is 20.1 Å². The molecule has 2 heterocycles. The van der Waals surface area contributed by atoms with E-state index in [9.17, 15) is 4.79 Å². The smallest absolute Gasteiger partial charge is 0.317 e. The highest BCUT2D eigenvalue weighted by molar-refractivity contribution is 5.91. The first-order chi connectivity index (χ1) is 13.1. The minimum atomic E-state index is 0.0575.